The fourth-order valence-electron chi connectivity index (χ4n) is 9.80. The van der Waals surface area contributed by atoms with Gasteiger partial charge in [-0.05, 0) is 51.1 Å². The maximum Gasteiger partial charge on any atom is 0.715 e. The predicted molar refractivity (Wildman–Crippen MR) is 269 cm³/mol. The summed E-state index contributed by atoms with van der Waals surface area (Å²) in [6, 6.07) is 48.8. The van der Waals surface area contributed by atoms with Crippen LogP contribution in [0, 0.1) is 87.3 Å². The van der Waals surface area contributed by atoms with Gasteiger partial charge in [0.25, 0.3) is 0 Å². The average Bonchev–Trinajstić information content (AvgIpc) is 3.09. The summed E-state index contributed by atoms with van der Waals surface area (Å²) in [5.74, 6) is -44.6. The van der Waals surface area contributed by atoms with E-state index >= 15 is 57.1 Å². The van der Waals surface area contributed by atoms with Crippen molar-refractivity contribution < 1.29 is 79.8 Å². The number of rotatable bonds is 15. The minimum atomic E-state index is -2.96. The van der Waals surface area contributed by atoms with Crippen LogP contribution >= 0.6 is 0 Å². The molecule has 0 unspecified atom stereocenters. The quantitative estimate of drug-likeness (QED) is 0.0337. The van der Waals surface area contributed by atoms with Gasteiger partial charge in [0.05, 0.1) is 16.7 Å². The van der Waals surface area contributed by atoms with E-state index in [-0.39, 0.29) is 39.4 Å². The SMILES string of the molecule is Fc1c(F)c(F)c(-c2ccc(OB(OC(c3ccccc3)(c3ccccc3)c3ccccc3)OC(c3ccccc3)(c3ccccc3)c3ccccc3)c(-c3c(F)c(F)c(F)c(F)c3F)c2-c2c(F)c(F)c(F)c(F)c2F)c(F)c1F. The third-order valence-corrected chi connectivity index (χ3v) is 13.4. The van der Waals surface area contributed by atoms with Crippen LogP contribution in [0.1, 0.15) is 33.4 Å². The van der Waals surface area contributed by atoms with Gasteiger partial charge in [0, 0.05) is 11.1 Å². The first kappa shape index (κ1) is 55.3. The molecule has 10 aromatic carbocycles. The molecule has 0 atom stereocenters. The van der Waals surface area contributed by atoms with Crippen molar-refractivity contribution in [3.63, 3.8) is 0 Å². The van der Waals surface area contributed by atoms with Gasteiger partial charge in [-0.3, -0.25) is 0 Å². The molecule has 81 heavy (non-hydrogen) atoms. The molecule has 3 nitrogen and oxygen atoms in total. The Balaban J connectivity index is 1.41. The molecular weight excluding hydrogens is 1090 g/mol. The Morgan fingerprint density at radius 3 is 0.704 bits per heavy atom. The van der Waals surface area contributed by atoms with Gasteiger partial charge in [-0.25, -0.2) is 65.9 Å². The topological polar surface area (TPSA) is 27.7 Å². The first-order chi connectivity index (χ1) is 38.9. The fourth-order valence-corrected chi connectivity index (χ4v) is 9.80. The summed E-state index contributed by atoms with van der Waals surface area (Å²) in [7, 11) is -2.64. The minimum Gasteiger partial charge on any atom is -0.511 e. The Morgan fingerprint density at radius 1 is 0.222 bits per heavy atom. The van der Waals surface area contributed by atoms with Crippen LogP contribution in [0.15, 0.2) is 194 Å². The largest absolute Gasteiger partial charge is 0.715 e. The smallest absolute Gasteiger partial charge is 0.511 e. The van der Waals surface area contributed by atoms with E-state index in [1.54, 1.807) is 182 Å². The van der Waals surface area contributed by atoms with Crippen LogP contribution in [0.25, 0.3) is 33.4 Å². The Hall–Kier alpha value is -9.07. The van der Waals surface area contributed by atoms with Crippen molar-refractivity contribution in [3.05, 3.63) is 315 Å². The molecule has 0 aliphatic rings. The second-order valence-corrected chi connectivity index (χ2v) is 17.9. The molecule has 0 spiro atoms. The highest BCUT2D eigenvalue weighted by Gasteiger charge is 2.51. The summed E-state index contributed by atoms with van der Waals surface area (Å²) < 4.78 is 259. The molecule has 0 saturated heterocycles. The highest BCUT2D eigenvalue weighted by atomic mass is 19.2. The van der Waals surface area contributed by atoms with Crippen LogP contribution in [-0.2, 0) is 20.5 Å². The number of benzene rings is 10. The molecule has 10 aromatic rings. The molecule has 0 aliphatic carbocycles. The van der Waals surface area contributed by atoms with E-state index in [0.717, 1.165) is 0 Å². The summed E-state index contributed by atoms with van der Waals surface area (Å²) in [6.45, 7) is 0. The molecule has 0 bridgehead atoms. The highest BCUT2D eigenvalue weighted by Crippen LogP contribution is 2.53. The zero-order valence-corrected chi connectivity index (χ0v) is 40.9. The van der Waals surface area contributed by atoms with Crippen LogP contribution in [0.3, 0.4) is 0 Å². The van der Waals surface area contributed by atoms with E-state index in [0.29, 0.717) is 6.07 Å². The number of halogens is 15. The first-order valence-electron chi connectivity index (χ1n) is 24.0. The van der Waals surface area contributed by atoms with Gasteiger partial charge in [0.2, 0.25) is 17.5 Å². The number of hydrogen-bond donors (Lipinski definition) is 0. The second-order valence-electron chi connectivity index (χ2n) is 17.9. The molecular formula is C62H32BF15O3. The van der Waals surface area contributed by atoms with Gasteiger partial charge in [-0.2, -0.15) is 0 Å². The molecule has 0 saturated carbocycles. The summed E-state index contributed by atoms with van der Waals surface area (Å²) >= 11 is 0. The van der Waals surface area contributed by atoms with Crippen molar-refractivity contribution >= 4 is 7.32 Å². The highest BCUT2D eigenvalue weighted by molar-refractivity contribution is 6.38. The van der Waals surface area contributed by atoms with Crippen molar-refractivity contribution in [1.82, 2.24) is 0 Å². The van der Waals surface area contributed by atoms with Gasteiger partial charge < -0.3 is 14.0 Å². The molecule has 0 heterocycles. The van der Waals surface area contributed by atoms with Crippen molar-refractivity contribution in [3.8, 4) is 39.1 Å². The third-order valence-electron chi connectivity index (χ3n) is 13.4. The summed E-state index contributed by atoms with van der Waals surface area (Å²) in [6.07, 6.45) is 0. The van der Waals surface area contributed by atoms with Crippen molar-refractivity contribution in [2.24, 2.45) is 0 Å². The molecule has 0 fully saturated rings. The lowest BCUT2D eigenvalue weighted by molar-refractivity contribution is 0.0180. The zero-order chi connectivity index (χ0) is 57.5. The van der Waals surface area contributed by atoms with E-state index in [1.165, 1.54) is 0 Å². The lowest BCUT2D eigenvalue weighted by Gasteiger charge is -2.41. The summed E-state index contributed by atoms with van der Waals surface area (Å²) in [5.41, 5.74) is -15.6. The predicted octanol–water partition coefficient (Wildman–Crippen LogP) is 17.2. The minimum absolute atomic E-state index is 0.214. The van der Waals surface area contributed by atoms with Crippen molar-refractivity contribution in [2.75, 3.05) is 0 Å². The van der Waals surface area contributed by atoms with E-state index in [4.69, 9.17) is 14.0 Å². The molecule has 0 radical (unpaired) electrons. The normalized spacial score (nSPS) is 11.7. The average molecular weight is 1120 g/mol. The van der Waals surface area contributed by atoms with E-state index < -0.39 is 145 Å². The summed E-state index contributed by atoms with van der Waals surface area (Å²) in [5, 5.41) is 0. The molecule has 0 aliphatic heterocycles. The van der Waals surface area contributed by atoms with Gasteiger partial charge in [0.15, 0.2) is 69.8 Å². The second kappa shape index (κ2) is 22.2. The van der Waals surface area contributed by atoms with Crippen molar-refractivity contribution in [2.45, 2.75) is 11.2 Å². The van der Waals surface area contributed by atoms with Gasteiger partial charge >= 0.3 is 7.32 Å². The maximum absolute atomic E-state index is 16.9. The molecule has 19 heteroatoms. The van der Waals surface area contributed by atoms with Crippen LogP contribution in [0.2, 0.25) is 0 Å². The monoisotopic (exact) mass is 1120 g/mol. The van der Waals surface area contributed by atoms with Gasteiger partial charge in [0.1, 0.15) is 17.0 Å². The van der Waals surface area contributed by atoms with Crippen LogP contribution in [-0.4, -0.2) is 7.32 Å². The lowest BCUT2D eigenvalue weighted by Crippen LogP contribution is -2.48. The standard InChI is InChI=1S/C62H32BF15O3/c64-46-42(47(65)53(71)58(76)52(46)70)39-31-32-40(43(45-50(68)56(74)60(78)57(75)51(45)69)41(39)44-48(66)54(72)59(77)55(73)49(44)67)79-63(80-61(33-19-7-1-8-20-33,34-21-9-2-10-22-34)35-23-11-3-12-24-35)81-62(36-25-13-4-14-26-36,37-27-15-5-16-28-37)38-29-17-6-18-30-38/h1-32H. The lowest BCUT2D eigenvalue weighted by atomic mass is 9.77. The Kier molecular flexibility index (Phi) is 15.2. The van der Waals surface area contributed by atoms with Crippen LogP contribution < -0.4 is 4.65 Å². The van der Waals surface area contributed by atoms with Crippen LogP contribution in [0.5, 0.6) is 5.75 Å². The Morgan fingerprint density at radius 2 is 0.444 bits per heavy atom. The van der Waals surface area contributed by atoms with E-state index in [2.05, 4.69) is 0 Å². The van der Waals surface area contributed by atoms with Crippen molar-refractivity contribution in [1.29, 1.82) is 0 Å². The van der Waals surface area contributed by atoms with E-state index in [1.807, 2.05) is 0 Å². The molecule has 406 valence electrons. The molecule has 0 aromatic heterocycles. The van der Waals surface area contributed by atoms with E-state index in [9.17, 15) is 8.78 Å². The zero-order valence-electron chi connectivity index (χ0n) is 40.9. The summed E-state index contributed by atoms with van der Waals surface area (Å²) in [4.78, 5) is 0. The third kappa shape index (κ3) is 9.34. The fraction of sp³-hybridized carbons (Fsp3) is 0.0323. The molecule has 10 rings (SSSR count). The maximum atomic E-state index is 16.9. The van der Waals surface area contributed by atoms with Crippen LogP contribution in [0.4, 0.5) is 65.9 Å². The molecule has 0 amide bonds. The van der Waals surface area contributed by atoms with Gasteiger partial charge in [-0.15, -0.1) is 0 Å². The number of hydrogen-bond acceptors (Lipinski definition) is 3. The Bertz CT molecular complexity index is 3570. The molecule has 0 N–H and O–H groups in total. The Labute approximate surface area is 450 Å². The first-order valence-corrected chi connectivity index (χ1v) is 24.0. The van der Waals surface area contributed by atoms with Gasteiger partial charge in [-0.1, -0.05) is 182 Å².